The number of nitrogens with one attached hydrogen (secondary N) is 1. The van der Waals surface area contributed by atoms with Gasteiger partial charge in [-0.2, -0.15) is 0 Å². The average molecular weight is 369 g/mol. The van der Waals surface area contributed by atoms with Crippen LogP contribution >= 0.6 is 6.89 Å². The number of rotatable bonds is 4. The predicted octanol–water partition coefficient (Wildman–Crippen LogP) is 0.758. The Labute approximate surface area is 149 Å². The fourth-order valence-corrected chi connectivity index (χ4v) is 3.76. The molecule has 8 heteroatoms. The zero-order valence-electron chi connectivity index (χ0n) is 15.3. The lowest BCUT2D eigenvalue weighted by atomic mass is 10.1. The van der Waals surface area contributed by atoms with E-state index in [1.807, 2.05) is 0 Å². The predicted molar refractivity (Wildman–Crippen MR) is 102 cm³/mol. The summed E-state index contributed by atoms with van der Waals surface area (Å²) >= 11 is 0. The molecular formula is C17H28N3O4P. The first-order chi connectivity index (χ1) is 11.5. The molecule has 1 amide bonds. The Hall–Kier alpha value is -1.40. The molecule has 1 fully saturated rings. The van der Waals surface area contributed by atoms with E-state index in [-0.39, 0.29) is 5.91 Å². The third kappa shape index (κ3) is 4.82. The maximum atomic E-state index is 11.2. The van der Waals surface area contributed by atoms with Gasteiger partial charge in [0.25, 0.3) is 0 Å². The first-order valence-corrected chi connectivity index (χ1v) is 11.3. The highest BCUT2D eigenvalue weighted by atomic mass is 31.2. The van der Waals surface area contributed by atoms with Crippen LogP contribution in [0.3, 0.4) is 0 Å². The van der Waals surface area contributed by atoms with E-state index in [4.69, 9.17) is 4.74 Å². The first-order valence-electron chi connectivity index (χ1n) is 8.21. The van der Waals surface area contributed by atoms with Crippen LogP contribution < -0.4 is 5.32 Å². The molecule has 7 nitrogen and oxygen atoms in total. The lowest BCUT2D eigenvalue weighted by Crippen LogP contribution is -2.43. The Morgan fingerprint density at radius 2 is 2.08 bits per heavy atom. The third-order valence-corrected chi connectivity index (χ3v) is 5.64. The van der Waals surface area contributed by atoms with Crippen molar-refractivity contribution >= 4 is 24.9 Å². The number of aliphatic hydroxyl groups is 2. The maximum Gasteiger partial charge on any atom is 0.222 e. The van der Waals surface area contributed by atoms with E-state index in [0.29, 0.717) is 23.7 Å². The fraction of sp³-hybridized carbons (Fsp3) is 0.588. The second-order valence-electron chi connectivity index (χ2n) is 7.27. The molecule has 4 atom stereocenters. The van der Waals surface area contributed by atoms with Gasteiger partial charge in [0.2, 0.25) is 5.91 Å². The summed E-state index contributed by atoms with van der Waals surface area (Å²) in [5.74, 6) is 0.526. The highest BCUT2D eigenvalue weighted by Gasteiger charge is 2.45. The number of amidine groups is 1. The summed E-state index contributed by atoms with van der Waals surface area (Å²) in [5, 5.41) is 23.4. The zero-order valence-corrected chi connectivity index (χ0v) is 16.2. The molecule has 0 aromatic carbocycles. The summed E-state index contributed by atoms with van der Waals surface area (Å²) < 4.78 is 5.91. The van der Waals surface area contributed by atoms with Gasteiger partial charge >= 0.3 is 0 Å². The molecule has 1 saturated heterocycles. The Bertz CT molecular complexity index is 667. The van der Waals surface area contributed by atoms with Gasteiger partial charge < -0.3 is 25.2 Å². The molecule has 0 aromatic rings. The fourth-order valence-electron chi connectivity index (χ4n) is 2.81. The molecule has 2 aliphatic rings. The van der Waals surface area contributed by atoms with Crippen LogP contribution in [0.15, 0.2) is 29.2 Å². The normalized spacial score (nSPS) is 30.2. The summed E-state index contributed by atoms with van der Waals surface area (Å²) in [5.41, 5.74) is 0.709. The minimum atomic E-state index is -1.24. The van der Waals surface area contributed by atoms with Gasteiger partial charge in [-0.05, 0) is 32.8 Å². The van der Waals surface area contributed by atoms with Gasteiger partial charge in [-0.25, -0.2) is 4.99 Å². The topological polar surface area (TPSA) is 94.4 Å². The first kappa shape index (κ1) is 19.9. The second kappa shape index (κ2) is 7.46. The van der Waals surface area contributed by atoms with E-state index >= 15 is 0 Å². The van der Waals surface area contributed by atoms with Crippen LogP contribution in [0, 0.1) is 0 Å². The molecule has 2 rings (SSSR count). The molecule has 25 heavy (non-hydrogen) atoms. The van der Waals surface area contributed by atoms with E-state index in [0.717, 1.165) is 6.16 Å². The summed E-state index contributed by atoms with van der Waals surface area (Å²) in [6.45, 7) is 10.1. The molecular weight excluding hydrogens is 341 g/mol. The van der Waals surface area contributed by atoms with Crippen LogP contribution in [0.1, 0.15) is 20.3 Å². The lowest BCUT2D eigenvalue weighted by molar-refractivity contribution is -0.117. The number of carbonyl (C=O) groups excluding carboxylic acids is 1. The number of amides is 1. The molecule has 0 radical (unpaired) electrons. The maximum absolute atomic E-state index is 11.2. The van der Waals surface area contributed by atoms with Crippen molar-refractivity contribution in [1.29, 1.82) is 0 Å². The minimum Gasteiger partial charge on any atom is -0.388 e. The van der Waals surface area contributed by atoms with Crippen molar-refractivity contribution in [3.05, 3.63) is 24.2 Å². The third-order valence-electron chi connectivity index (χ3n) is 4.17. The lowest BCUT2D eigenvalue weighted by Gasteiger charge is -2.32. The van der Waals surface area contributed by atoms with E-state index in [9.17, 15) is 15.0 Å². The molecule has 0 spiro atoms. The van der Waals surface area contributed by atoms with Crippen molar-refractivity contribution in [1.82, 2.24) is 10.2 Å². The molecule has 0 aromatic heterocycles. The molecule has 1 unspecified atom stereocenters. The smallest absolute Gasteiger partial charge is 0.222 e. The van der Waals surface area contributed by atoms with Crippen LogP contribution in [0.2, 0.25) is 0 Å². The molecule has 2 heterocycles. The Morgan fingerprint density at radius 3 is 2.64 bits per heavy atom. The number of carbonyl (C=O) groups is 1. The number of hydrogen-bond acceptors (Lipinski definition) is 6. The van der Waals surface area contributed by atoms with Crippen molar-refractivity contribution in [2.24, 2.45) is 4.99 Å². The summed E-state index contributed by atoms with van der Waals surface area (Å²) in [7, 11) is 0. The average Bonchev–Trinajstić information content (AvgIpc) is 2.75. The molecule has 0 saturated carbocycles. The van der Waals surface area contributed by atoms with Gasteiger partial charge in [0, 0.05) is 18.7 Å². The molecule has 0 bridgehead atoms. The van der Waals surface area contributed by atoms with E-state index < -0.39 is 31.4 Å². The number of aliphatic imine (C=N–C) groups is 1. The molecule has 2 aliphatic heterocycles. The van der Waals surface area contributed by atoms with Gasteiger partial charge in [0.1, 0.15) is 23.9 Å². The largest absolute Gasteiger partial charge is 0.388 e. The van der Waals surface area contributed by atoms with Gasteiger partial charge in [-0.3, -0.25) is 4.79 Å². The van der Waals surface area contributed by atoms with Crippen LogP contribution in [0.4, 0.5) is 0 Å². The van der Waals surface area contributed by atoms with E-state index in [2.05, 4.69) is 36.5 Å². The number of hydrogen-bond donors (Lipinski definition) is 3. The van der Waals surface area contributed by atoms with E-state index in [1.54, 1.807) is 18.0 Å². The molecule has 140 valence electrons. The minimum absolute atomic E-state index is 0.223. The van der Waals surface area contributed by atoms with Crippen LogP contribution in [-0.4, -0.2) is 77.2 Å². The van der Waals surface area contributed by atoms with Crippen molar-refractivity contribution in [3.8, 4) is 0 Å². The van der Waals surface area contributed by atoms with Crippen molar-refractivity contribution < 1.29 is 19.7 Å². The Balaban J connectivity index is 2.11. The summed E-state index contributed by atoms with van der Waals surface area (Å²) in [6, 6.07) is 0. The van der Waals surface area contributed by atoms with Gasteiger partial charge in [-0.1, -0.05) is 6.58 Å². The monoisotopic (exact) mass is 369 g/mol. The summed E-state index contributed by atoms with van der Waals surface area (Å²) in [4.78, 5) is 17.1. The zero-order chi connectivity index (χ0) is 18.9. The molecule has 3 N–H and O–H groups in total. The summed E-state index contributed by atoms with van der Waals surface area (Å²) in [6.07, 6.45) is 4.11. The number of ether oxygens (including phenoxy) is 1. The van der Waals surface area contributed by atoms with Crippen LogP contribution in [0.5, 0.6) is 0 Å². The highest BCUT2D eigenvalue weighted by molar-refractivity contribution is 7.72. The van der Waals surface area contributed by atoms with Gasteiger partial charge in [0.05, 0.1) is 6.10 Å². The quantitative estimate of drug-likeness (QED) is 0.636. The second-order valence-corrected chi connectivity index (χ2v) is 11.6. The van der Waals surface area contributed by atoms with Crippen molar-refractivity contribution in [2.45, 2.75) is 44.8 Å². The van der Waals surface area contributed by atoms with Crippen molar-refractivity contribution in [3.63, 3.8) is 0 Å². The van der Waals surface area contributed by atoms with Crippen LogP contribution in [0.25, 0.3) is 0 Å². The van der Waals surface area contributed by atoms with E-state index in [1.165, 1.54) is 6.92 Å². The SMILES string of the molecule is C=C1N=C(NC(C)=O)C(C)=CN1C1O[C@H](CCP(=C)(C)C)[C@@H](O)[C@H]1O. The Kier molecular flexibility index (Phi) is 5.94. The standard InChI is InChI=1S/C17H28N3O4P/c1-10-9-20(11(2)18-16(10)19-12(3)21)17-15(23)14(22)13(24-17)7-8-25(4,5)6/h9,13-15,17,22-23H,2,4,7-8H2,1,3,5-6H3,(H,18,19,21)/t13-,14-,15-,17?/m1/s1. The van der Waals surface area contributed by atoms with Crippen molar-refractivity contribution in [2.75, 3.05) is 19.5 Å². The van der Waals surface area contributed by atoms with Gasteiger partial charge in [-0.15, -0.1) is 13.2 Å². The molecule has 0 aliphatic carbocycles. The number of aliphatic hydroxyl groups excluding tert-OH is 2. The highest BCUT2D eigenvalue weighted by Crippen LogP contribution is 2.39. The van der Waals surface area contributed by atoms with Gasteiger partial charge in [0.15, 0.2) is 6.23 Å². The van der Waals surface area contributed by atoms with Crippen LogP contribution in [-0.2, 0) is 9.53 Å². The number of nitrogens with zero attached hydrogens (tertiary/aromatic N) is 2. The Morgan fingerprint density at radius 1 is 1.44 bits per heavy atom.